The van der Waals surface area contributed by atoms with Crippen molar-refractivity contribution in [3.05, 3.63) is 29.8 Å². The number of anilines is 2. The van der Waals surface area contributed by atoms with Crippen LogP contribution in [0.4, 0.5) is 11.6 Å². The first-order valence-corrected chi connectivity index (χ1v) is 8.54. The quantitative estimate of drug-likeness (QED) is 0.913. The molecule has 1 fully saturated rings. The lowest BCUT2D eigenvalue weighted by Crippen LogP contribution is -2.23. The van der Waals surface area contributed by atoms with E-state index in [0.717, 1.165) is 38.2 Å². The highest BCUT2D eigenvalue weighted by Crippen LogP contribution is 2.21. The Labute approximate surface area is 142 Å². The van der Waals surface area contributed by atoms with Crippen molar-refractivity contribution in [3.8, 4) is 0 Å². The zero-order chi connectivity index (χ0) is 17.1. The Kier molecular flexibility index (Phi) is 4.78. The molecule has 2 aromatic rings. The van der Waals surface area contributed by atoms with Crippen LogP contribution in [-0.4, -0.2) is 38.7 Å². The molecule has 1 amide bonds. The van der Waals surface area contributed by atoms with E-state index < -0.39 is 0 Å². The molecule has 0 radical (unpaired) electrons. The molecule has 0 aromatic carbocycles. The van der Waals surface area contributed by atoms with E-state index >= 15 is 0 Å². The first-order chi connectivity index (χ1) is 11.6. The van der Waals surface area contributed by atoms with Crippen molar-refractivity contribution < 1.29 is 4.79 Å². The Balaban J connectivity index is 1.86. The Hall–Kier alpha value is -2.44. The van der Waals surface area contributed by atoms with Gasteiger partial charge in [-0.2, -0.15) is 5.10 Å². The average molecular weight is 328 g/mol. The summed E-state index contributed by atoms with van der Waals surface area (Å²) in [5, 5.41) is 7.03. The van der Waals surface area contributed by atoms with Gasteiger partial charge in [0.05, 0.1) is 11.9 Å². The molecule has 0 spiro atoms. The summed E-state index contributed by atoms with van der Waals surface area (Å²) < 4.78 is 1.77. The predicted octanol–water partition coefficient (Wildman–Crippen LogP) is 2.67. The van der Waals surface area contributed by atoms with Crippen LogP contribution in [0.15, 0.2) is 18.5 Å². The SMILES string of the molecule is CCn1cc(NC(=O)c2cc(C(C)C)nc(N3CCCC3)n2)cn1. The van der Waals surface area contributed by atoms with Gasteiger partial charge in [-0.15, -0.1) is 0 Å². The maximum Gasteiger partial charge on any atom is 0.274 e. The van der Waals surface area contributed by atoms with E-state index in [1.54, 1.807) is 16.9 Å². The molecular formula is C17H24N6O. The number of amides is 1. The third-order valence-corrected chi connectivity index (χ3v) is 4.16. The average Bonchev–Trinajstić information content (AvgIpc) is 3.26. The van der Waals surface area contributed by atoms with Crippen LogP contribution in [0, 0.1) is 0 Å². The summed E-state index contributed by atoms with van der Waals surface area (Å²) in [4.78, 5) is 23.9. The monoisotopic (exact) mass is 328 g/mol. The zero-order valence-corrected chi connectivity index (χ0v) is 14.5. The standard InChI is InChI=1S/C17H24N6O/c1-4-23-11-13(10-18-23)19-16(24)15-9-14(12(2)3)20-17(21-15)22-7-5-6-8-22/h9-12H,4-8H2,1-3H3,(H,19,24). The first kappa shape index (κ1) is 16.4. The second-order valence-electron chi connectivity index (χ2n) is 6.37. The summed E-state index contributed by atoms with van der Waals surface area (Å²) in [6.07, 6.45) is 5.75. The van der Waals surface area contributed by atoms with Gasteiger partial charge in [0, 0.05) is 31.5 Å². The number of aromatic nitrogens is 4. The minimum Gasteiger partial charge on any atom is -0.341 e. The van der Waals surface area contributed by atoms with Gasteiger partial charge in [0.2, 0.25) is 5.95 Å². The molecule has 0 bridgehead atoms. The molecule has 24 heavy (non-hydrogen) atoms. The molecule has 7 heteroatoms. The smallest absolute Gasteiger partial charge is 0.274 e. The Morgan fingerprint density at radius 1 is 1.29 bits per heavy atom. The number of carbonyl (C=O) groups is 1. The van der Waals surface area contributed by atoms with E-state index in [-0.39, 0.29) is 11.8 Å². The van der Waals surface area contributed by atoms with Crippen LogP contribution >= 0.6 is 0 Å². The highest BCUT2D eigenvalue weighted by Gasteiger charge is 2.20. The van der Waals surface area contributed by atoms with Crippen LogP contribution in [0.2, 0.25) is 0 Å². The van der Waals surface area contributed by atoms with Crippen LogP contribution < -0.4 is 10.2 Å². The number of hydrogen-bond donors (Lipinski definition) is 1. The zero-order valence-electron chi connectivity index (χ0n) is 14.5. The number of carbonyl (C=O) groups excluding carboxylic acids is 1. The van der Waals surface area contributed by atoms with Crippen molar-refractivity contribution in [2.75, 3.05) is 23.3 Å². The summed E-state index contributed by atoms with van der Waals surface area (Å²) in [7, 11) is 0. The van der Waals surface area contributed by atoms with Crippen LogP contribution in [0.5, 0.6) is 0 Å². The Morgan fingerprint density at radius 3 is 2.67 bits per heavy atom. The summed E-state index contributed by atoms with van der Waals surface area (Å²) in [5.74, 6) is 0.673. The van der Waals surface area contributed by atoms with Crippen molar-refractivity contribution in [3.63, 3.8) is 0 Å². The van der Waals surface area contributed by atoms with Crippen molar-refractivity contribution in [1.82, 2.24) is 19.7 Å². The summed E-state index contributed by atoms with van der Waals surface area (Å²) >= 11 is 0. The topological polar surface area (TPSA) is 75.9 Å². The van der Waals surface area contributed by atoms with Crippen molar-refractivity contribution in [1.29, 1.82) is 0 Å². The maximum absolute atomic E-state index is 12.6. The number of nitrogens with one attached hydrogen (secondary N) is 1. The Bertz CT molecular complexity index is 718. The van der Waals surface area contributed by atoms with Crippen molar-refractivity contribution in [2.24, 2.45) is 0 Å². The number of hydrogen-bond acceptors (Lipinski definition) is 5. The lowest BCUT2D eigenvalue weighted by molar-refractivity contribution is 0.102. The van der Waals surface area contributed by atoms with E-state index in [1.165, 1.54) is 0 Å². The molecule has 1 aliphatic rings. The van der Waals surface area contributed by atoms with Crippen LogP contribution in [-0.2, 0) is 6.54 Å². The Morgan fingerprint density at radius 2 is 2.04 bits per heavy atom. The van der Waals surface area contributed by atoms with Gasteiger partial charge >= 0.3 is 0 Å². The predicted molar refractivity (Wildman–Crippen MR) is 93.4 cm³/mol. The molecule has 1 saturated heterocycles. The fourth-order valence-corrected chi connectivity index (χ4v) is 2.72. The maximum atomic E-state index is 12.6. The van der Waals surface area contributed by atoms with Crippen molar-refractivity contribution in [2.45, 2.75) is 46.1 Å². The lowest BCUT2D eigenvalue weighted by atomic mass is 10.1. The molecule has 1 N–H and O–H groups in total. The van der Waals surface area contributed by atoms with Gasteiger partial charge in [-0.3, -0.25) is 9.48 Å². The van der Waals surface area contributed by atoms with Crippen LogP contribution in [0.25, 0.3) is 0 Å². The molecule has 1 aliphatic heterocycles. The molecule has 2 aromatic heterocycles. The number of aryl methyl sites for hydroxylation is 1. The summed E-state index contributed by atoms with van der Waals surface area (Å²) in [5.41, 5.74) is 1.97. The molecule has 7 nitrogen and oxygen atoms in total. The third-order valence-electron chi connectivity index (χ3n) is 4.16. The molecular weight excluding hydrogens is 304 g/mol. The fourth-order valence-electron chi connectivity index (χ4n) is 2.72. The van der Waals surface area contributed by atoms with E-state index in [9.17, 15) is 4.79 Å². The second-order valence-corrected chi connectivity index (χ2v) is 6.37. The van der Waals surface area contributed by atoms with Gasteiger partial charge in [0.25, 0.3) is 5.91 Å². The molecule has 0 atom stereocenters. The molecule has 3 rings (SSSR count). The highest BCUT2D eigenvalue weighted by molar-refractivity contribution is 6.03. The van der Waals surface area contributed by atoms with Gasteiger partial charge in [0.15, 0.2) is 0 Å². The molecule has 0 saturated carbocycles. The van der Waals surface area contributed by atoms with Crippen LogP contribution in [0.1, 0.15) is 55.7 Å². The van der Waals surface area contributed by atoms with E-state index in [1.807, 2.05) is 13.1 Å². The van der Waals surface area contributed by atoms with Gasteiger partial charge in [-0.1, -0.05) is 13.8 Å². The number of nitrogens with zero attached hydrogens (tertiary/aromatic N) is 5. The van der Waals surface area contributed by atoms with Gasteiger partial charge in [0.1, 0.15) is 5.69 Å². The fraction of sp³-hybridized carbons (Fsp3) is 0.529. The third kappa shape index (κ3) is 3.55. The summed E-state index contributed by atoms with van der Waals surface area (Å²) in [6, 6.07) is 1.78. The normalized spacial score (nSPS) is 14.4. The number of rotatable bonds is 5. The molecule has 3 heterocycles. The minimum absolute atomic E-state index is 0.226. The van der Waals surface area contributed by atoms with E-state index in [2.05, 4.69) is 39.1 Å². The highest BCUT2D eigenvalue weighted by atomic mass is 16.1. The van der Waals surface area contributed by atoms with E-state index in [0.29, 0.717) is 17.3 Å². The lowest BCUT2D eigenvalue weighted by Gasteiger charge is -2.18. The summed E-state index contributed by atoms with van der Waals surface area (Å²) in [6.45, 7) is 8.81. The molecule has 0 unspecified atom stereocenters. The van der Waals surface area contributed by atoms with Gasteiger partial charge in [-0.05, 0) is 31.7 Å². The van der Waals surface area contributed by atoms with Gasteiger partial charge < -0.3 is 10.2 Å². The second kappa shape index (κ2) is 6.98. The molecule has 0 aliphatic carbocycles. The largest absolute Gasteiger partial charge is 0.341 e. The minimum atomic E-state index is -0.226. The van der Waals surface area contributed by atoms with Crippen molar-refractivity contribution >= 4 is 17.5 Å². The van der Waals surface area contributed by atoms with E-state index in [4.69, 9.17) is 0 Å². The van der Waals surface area contributed by atoms with Gasteiger partial charge in [-0.25, -0.2) is 9.97 Å². The van der Waals surface area contributed by atoms with Crippen LogP contribution in [0.3, 0.4) is 0 Å². The first-order valence-electron chi connectivity index (χ1n) is 8.54. The molecule has 128 valence electrons.